The molecule has 7 heteroatoms. The monoisotopic (exact) mass is 348 g/mol. The second-order valence-electron chi connectivity index (χ2n) is 7.04. The molecule has 1 N–H and O–H groups in total. The van der Waals surface area contributed by atoms with Crippen molar-refractivity contribution < 1.29 is 4.74 Å². The third-order valence-electron chi connectivity index (χ3n) is 3.70. The molecule has 5 nitrogen and oxygen atoms in total. The molecule has 0 aromatic carbocycles. The fourth-order valence-corrected chi connectivity index (χ4v) is 3.79. The van der Waals surface area contributed by atoms with E-state index in [4.69, 9.17) is 9.72 Å². The number of hydrogen-bond donors (Lipinski definition) is 1. The second-order valence-corrected chi connectivity index (χ2v) is 13.5. The van der Waals surface area contributed by atoms with E-state index in [2.05, 4.69) is 59.6 Å². The fourth-order valence-electron chi connectivity index (χ4n) is 2.31. The first-order valence-corrected chi connectivity index (χ1v) is 12.4. The molecule has 0 saturated carbocycles. The number of pyridine rings is 1. The van der Waals surface area contributed by atoms with Crippen LogP contribution in [0, 0.1) is 0 Å². The molecule has 1 aliphatic heterocycles. The summed E-state index contributed by atoms with van der Waals surface area (Å²) in [6.07, 6.45) is 4.10. The molecule has 0 spiro atoms. The van der Waals surface area contributed by atoms with E-state index in [1.165, 1.54) is 6.04 Å². The maximum atomic E-state index is 5.86. The molecule has 3 heterocycles. The number of rotatable bonds is 6. The molecule has 0 unspecified atom stereocenters. The molecule has 0 fully saturated rings. The van der Waals surface area contributed by atoms with Gasteiger partial charge in [-0.2, -0.15) is 4.83 Å². The molecule has 0 saturated heterocycles. The van der Waals surface area contributed by atoms with E-state index < -0.39 is 8.07 Å². The maximum absolute atomic E-state index is 5.86. The zero-order valence-electron chi connectivity index (χ0n) is 14.2. The molecule has 2 aromatic heterocycles. The van der Waals surface area contributed by atoms with Gasteiger partial charge in [0.15, 0.2) is 0 Å². The van der Waals surface area contributed by atoms with Crippen LogP contribution in [-0.4, -0.2) is 36.3 Å². The summed E-state index contributed by atoms with van der Waals surface area (Å²) in [4.78, 5) is 9.11. The fraction of sp³-hybridized carbons (Fsp3) is 0.438. The molecule has 124 valence electrons. The molecule has 0 amide bonds. The predicted octanol–water partition coefficient (Wildman–Crippen LogP) is 3.75. The summed E-state index contributed by atoms with van der Waals surface area (Å²) in [6, 6.07) is 7.47. The highest BCUT2D eigenvalue weighted by Crippen LogP contribution is 2.29. The van der Waals surface area contributed by atoms with Crippen molar-refractivity contribution in [1.82, 2.24) is 19.4 Å². The molecule has 0 aliphatic carbocycles. The van der Waals surface area contributed by atoms with Crippen molar-refractivity contribution in [1.29, 1.82) is 0 Å². The van der Waals surface area contributed by atoms with Crippen LogP contribution in [0.5, 0.6) is 0 Å². The first kappa shape index (κ1) is 16.6. The van der Waals surface area contributed by atoms with Gasteiger partial charge < -0.3 is 14.3 Å². The molecule has 0 atom stereocenters. The van der Waals surface area contributed by atoms with Crippen molar-refractivity contribution in [2.24, 2.45) is 0 Å². The van der Waals surface area contributed by atoms with Crippen LogP contribution < -0.4 is 4.83 Å². The number of aromatic nitrogens is 2. The van der Waals surface area contributed by atoms with Gasteiger partial charge in [-0.05, 0) is 36.2 Å². The Kier molecular flexibility index (Phi) is 4.81. The Morgan fingerprint density at radius 1 is 1.26 bits per heavy atom. The number of nitrogens with zero attached hydrogens (tertiary/aromatic N) is 3. The van der Waals surface area contributed by atoms with Crippen LogP contribution in [0.4, 0.5) is 0 Å². The largest absolute Gasteiger partial charge is 0.361 e. The average Bonchev–Trinajstić information content (AvgIpc) is 3.08. The SMILES string of the molecule is CN1C=C(c2ccc3ccn(COCC[Si](C)(C)C)c3n2)SN1. The summed E-state index contributed by atoms with van der Waals surface area (Å²) < 4.78 is 7.95. The minimum atomic E-state index is -1.04. The Hall–Kier alpha value is -1.28. The van der Waals surface area contributed by atoms with Crippen molar-refractivity contribution in [3.8, 4) is 0 Å². The van der Waals surface area contributed by atoms with E-state index in [0.717, 1.165) is 28.2 Å². The van der Waals surface area contributed by atoms with Crippen LogP contribution >= 0.6 is 11.9 Å². The zero-order chi connectivity index (χ0) is 16.4. The van der Waals surface area contributed by atoms with Crippen molar-refractivity contribution in [2.75, 3.05) is 13.7 Å². The molecule has 3 rings (SSSR count). The number of ether oxygens (including phenoxy) is 1. The topological polar surface area (TPSA) is 42.3 Å². The van der Waals surface area contributed by atoms with E-state index in [0.29, 0.717) is 6.73 Å². The first-order valence-electron chi connectivity index (χ1n) is 7.83. The summed E-state index contributed by atoms with van der Waals surface area (Å²) in [5, 5.41) is 3.08. The van der Waals surface area contributed by atoms with E-state index in [9.17, 15) is 0 Å². The lowest BCUT2D eigenvalue weighted by molar-refractivity contribution is 0.0899. The van der Waals surface area contributed by atoms with Gasteiger partial charge in [0.1, 0.15) is 12.4 Å². The summed E-state index contributed by atoms with van der Waals surface area (Å²) in [5.74, 6) is 0. The molecule has 23 heavy (non-hydrogen) atoms. The Bertz CT molecular complexity index is 722. The van der Waals surface area contributed by atoms with Gasteiger partial charge in [0, 0.05) is 39.5 Å². The Morgan fingerprint density at radius 3 is 2.78 bits per heavy atom. The summed E-state index contributed by atoms with van der Waals surface area (Å²) >= 11 is 1.58. The van der Waals surface area contributed by atoms with Crippen LogP contribution in [0.15, 0.2) is 30.6 Å². The minimum absolute atomic E-state index is 0.564. The van der Waals surface area contributed by atoms with Gasteiger partial charge in [-0.15, -0.1) is 0 Å². The standard InChI is InChI=1S/C16H24N4OSSi/c1-19-11-15(22-18-19)14-6-5-13-7-8-20(16(13)17-14)12-21-9-10-23(2,3)4/h5-8,11,18H,9-10,12H2,1-4H3. The lowest BCUT2D eigenvalue weighted by atomic mass is 10.3. The zero-order valence-corrected chi connectivity index (χ0v) is 16.0. The summed E-state index contributed by atoms with van der Waals surface area (Å²) in [6.45, 7) is 8.49. The highest BCUT2D eigenvalue weighted by atomic mass is 32.2. The highest BCUT2D eigenvalue weighted by Gasteiger charge is 2.15. The van der Waals surface area contributed by atoms with Crippen LogP contribution in [0.2, 0.25) is 25.7 Å². The van der Waals surface area contributed by atoms with Crippen LogP contribution in [-0.2, 0) is 11.5 Å². The molecule has 2 aromatic rings. The molecule has 0 bridgehead atoms. The van der Waals surface area contributed by atoms with Crippen LogP contribution in [0.25, 0.3) is 15.9 Å². The van der Waals surface area contributed by atoms with E-state index >= 15 is 0 Å². The van der Waals surface area contributed by atoms with E-state index in [1.54, 1.807) is 11.9 Å². The Morgan fingerprint density at radius 2 is 2.09 bits per heavy atom. The molecular formula is C16H24N4OSSi. The van der Waals surface area contributed by atoms with Gasteiger partial charge in [-0.3, -0.25) is 0 Å². The lowest BCUT2D eigenvalue weighted by Crippen LogP contribution is -2.22. The Labute approximate surface area is 142 Å². The third kappa shape index (κ3) is 4.17. The van der Waals surface area contributed by atoms with Crippen molar-refractivity contribution >= 4 is 36.0 Å². The first-order chi connectivity index (χ1) is 10.9. The van der Waals surface area contributed by atoms with Gasteiger partial charge >= 0.3 is 0 Å². The van der Waals surface area contributed by atoms with Crippen LogP contribution in [0.3, 0.4) is 0 Å². The summed E-state index contributed by atoms with van der Waals surface area (Å²) in [5.41, 5.74) is 1.97. The second kappa shape index (κ2) is 6.68. The van der Waals surface area contributed by atoms with Gasteiger partial charge in [0.2, 0.25) is 0 Å². The predicted molar refractivity (Wildman–Crippen MR) is 100 cm³/mol. The quantitative estimate of drug-likeness (QED) is 0.489. The molecule has 0 radical (unpaired) electrons. The van der Waals surface area contributed by atoms with Crippen LogP contribution in [0.1, 0.15) is 5.69 Å². The number of hydrogen-bond acceptors (Lipinski definition) is 5. The van der Waals surface area contributed by atoms with Gasteiger partial charge in [0.05, 0.1) is 10.6 Å². The summed E-state index contributed by atoms with van der Waals surface area (Å²) in [7, 11) is 0.942. The normalized spacial score (nSPS) is 15.5. The van der Waals surface area contributed by atoms with E-state index in [1.807, 2.05) is 12.1 Å². The maximum Gasteiger partial charge on any atom is 0.142 e. The smallest absolute Gasteiger partial charge is 0.142 e. The van der Waals surface area contributed by atoms with Crippen molar-refractivity contribution in [2.45, 2.75) is 32.4 Å². The number of hydrazine groups is 1. The van der Waals surface area contributed by atoms with Crippen molar-refractivity contribution in [3.63, 3.8) is 0 Å². The molecular weight excluding hydrogens is 324 g/mol. The third-order valence-corrected chi connectivity index (χ3v) is 6.32. The number of fused-ring (bicyclic) bond motifs is 1. The highest BCUT2D eigenvalue weighted by molar-refractivity contribution is 8.06. The van der Waals surface area contributed by atoms with Crippen molar-refractivity contribution in [3.05, 3.63) is 36.3 Å². The molecule has 1 aliphatic rings. The lowest BCUT2D eigenvalue weighted by Gasteiger charge is -2.15. The van der Waals surface area contributed by atoms with E-state index in [-0.39, 0.29) is 0 Å². The van der Waals surface area contributed by atoms with Gasteiger partial charge in [-0.25, -0.2) is 4.98 Å². The minimum Gasteiger partial charge on any atom is -0.361 e. The van der Waals surface area contributed by atoms with Gasteiger partial charge in [-0.1, -0.05) is 19.6 Å². The van der Waals surface area contributed by atoms with Gasteiger partial charge in [0.25, 0.3) is 0 Å². The Balaban J connectivity index is 1.73. The number of nitrogens with one attached hydrogen (secondary N) is 1. The average molecular weight is 349 g/mol.